The lowest BCUT2D eigenvalue weighted by molar-refractivity contribution is 0.632. The molecule has 0 aliphatic heterocycles. The van der Waals surface area contributed by atoms with Gasteiger partial charge in [0, 0.05) is 50.3 Å². The fourth-order valence-corrected chi connectivity index (χ4v) is 3.23. The summed E-state index contributed by atoms with van der Waals surface area (Å²) in [5.41, 5.74) is 1.13. The molecule has 0 radical (unpaired) electrons. The molecular formula is C17H30IN7S. The second kappa shape index (κ2) is 12.2. The van der Waals surface area contributed by atoms with Crippen LogP contribution in [0, 0.1) is 0 Å². The molecule has 2 rings (SSSR count). The van der Waals surface area contributed by atoms with Crippen molar-refractivity contribution in [3.8, 4) is 0 Å². The van der Waals surface area contributed by atoms with Gasteiger partial charge < -0.3 is 15.2 Å². The van der Waals surface area contributed by atoms with E-state index < -0.39 is 0 Å². The molecule has 2 heterocycles. The van der Waals surface area contributed by atoms with E-state index in [0.29, 0.717) is 5.92 Å². The van der Waals surface area contributed by atoms with E-state index in [-0.39, 0.29) is 24.0 Å². The minimum absolute atomic E-state index is 0. The van der Waals surface area contributed by atoms with Crippen LogP contribution < -0.4 is 10.6 Å². The summed E-state index contributed by atoms with van der Waals surface area (Å²) in [4.78, 5) is 9.30. The van der Waals surface area contributed by atoms with Crippen LogP contribution in [0.4, 0.5) is 0 Å². The molecule has 0 fully saturated rings. The van der Waals surface area contributed by atoms with Crippen LogP contribution in [-0.4, -0.2) is 45.3 Å². The van der Waals surface area contributed by atoms with Crippen molar-refractivity contribution in [3.63, 3.8) is 0 Å². The topological polar surface area (TPSA) is 80.0 Å². The number of hydrogen-bond donors (Lipinski definition) is 2. The van der Waals surface area contributed by atoms with Gasteiger partial charge in [-0.2, -0.15) is 0 Å². The fourth-order valence-electron chi connectivity index (χ4n) is 2.36. The Balaban J connectivity index is 0.00000338. The van der Waals surface area contributed by atoms with Crippen LogP contribution >= 0.6 is 35.3 Å². The molecule has 0 unspecified atom stereocenters. The van der Waals surface area contributed by atoms with Gasteiger partial charge in [0.2, 0.25) is 0 Å². The van der Waals surface area contributed by atoms with Crippen molar-refractivity contribution in [3.05, 3.63) is 28.2 Å². The highest BCUT2D eigenvalue weighted by Gasteiger charge is 2.06. The molecule has 0 aliphatic carbocycles. The Bertz CT molecular complexity index is 666. The zero-order valence-electron chi connectivity index (χ0n) is 16.0. The van der Waals surface area contributed by atoms with E-state index in [4.69, 9.17) is 0 Å². The van der Waals surface area contributed by atoms with Gasteiger partial charge in [0.15, 0.2) is 5.96 Å². The molecule has 0 aromatic carbocycles. The Morgan fingerprint density at radius 3 is 2.77 bits per heavy atom. The van der Waals surface area contributed by atoms with Crippen molar-refractivity contribution >= 4 is 41.3 Å². The van der Waals surface area contributed by atoms with Crippen LogP contribution in [0.3, 0.4) is 0 Å². The maximum atomic E-state index is 4.66. The largest absolute Gasteiger partial charge is 0.357 e. The Labute approximate surface area is 177 Å². The quantitative estimate of drug-likeness (QED) is 0.321. The zero-order valence-corrected chi connectivity index (χ0v) is 19.2. The van der Waals surface area contributed by atoms with E-state index in [2.05, 4.69) is 68.4 Å². The molecule has 0 spiro atoms. The predicted octanol–water partition coefficient (Wildman–Crippen LogP) is 2.84. The summed E-state index contributed by atoms with van der Waals surface area (Å²) < 4.78 is 2.07. The molecule has 0 saturated heterocycles. The minimum Gasteiger partial charge on any atom is -0.357 e. The third-order valence-corrected chi connectivity index (χ3v) is 4.90. The summed E-state index contributed by atoms with van der Waals surface area (Å²) in [6.45, 7) is 11.7. The van der Waals surface area contributed by atoms with Gasteiger partial charge in [0.1, 0.15) is 12.2 Å². The molecule has 2 aromatic rings. The number of rotatable bonds is 9. The van der Waals surface area contributed by atoms with Gasteiger partial charge >= 0.3 is 0 Å². The average molecular weight is 491 g/mol. The Morgan fingerprint density at radius 1 is 1.31 bits per heavy atom. The number of nitrogens with one attached hydrogen (secondary N) is 2. The maximum Gasteiger partial charge on any atom is 0.191 e. The predicted molar refractivity (Wildman–Crippen MR) is 119 cm³/mol. The smallest absolute Gasteiger partial charge is 0.191 e. The summed E-state index contributed by atoms with van der Waals surface area (Å²) in [6, 6.07) is 0. The average Bonchev–Trinajstić information content (AvgIpc) is 3.24. The van der Waals surface area contributed by atoms with Crippen LogP contribution in [-0.2, 0) is 19.4 Å². The van der Waals surface area contributed by atoms with Crippen molar-refractivity contribution in [2.24, 2.45) is 4.99 Å². The molecule has 2 N–H and O–H groups in total. The molecule has 0 aliphatic rings. The highest BCUT2D eigenvalue weighted by atomic mass is 127. The van der Waals surface area contributed by atoms with Gasteiger partial charge in [-0.25, -0.2) is 4.98 Å². The molecule has 2 aromatic heterocycles. The summed E-state index contributed by atoms with van der Waals surface area (Å²) in [5, 5.41) is 18.0. The first-order chi connectivity index (χ1) is 12.1. The highest BCUT2D eigenvalue weighted by Crippen LogP contribution is 2.19. The Hall–Kier alpha value is -1.23. The number of aliphatic imine (C=N–C) groups is 1. The molecule has 0 bridgehead atoms. The van der Waals surface area contributed by atoms with Crippen LogP contribution in [0.5, 0.6) is 0 Å². The van der Waals surface area contributed by atoms with E-state index >= 15 is 0 Å². The summed E-state index contributed by atoms with van der Waals surface area (Å²) >= 11 is 1.74. The molecule has 9 heteroatoms. The van der Waals surface area contributed by atoms with Crippen molar-refractivity contribution in [1.82, 2.24) is 30.4 Å². The number of thiazole rings is 1. The SMILES string of the molecule is CCNC(=NCCc1csc(C(C)C)n1)NCCn1cnnc1CC.I. The second-order valence-corrected chi connectivity index (χ2v) is 6.95. The molecule has 146 valence electrons. The molecule has 0 saturated carbocycles. The minimum atomic E-state index is 0. The van der Waals surface area contributed by atoms with E-state index in [1.807, 2.05) is 0 Å². The van der Waals surface area contributed by atoms with Gasteiger partial charge in [-0.05, 0) is 6.92 Å². The van der Waals surface area contributed by atoms with Gasteiger partial charge in [0.25, 0.3) is 0 Å². The number of aromatic nitrogens is 4. The van der Waals surface area contributed by atoms with Crippen LogP contribution in [0.25, 0.3) is 0 Å². The second-order valence-electron chi connectivity index (χ2n) is 6.06. The highest BCUT2D eigenvalue weighted by molar-refractivity contribution is 14.0. The number of halogens is 1. The lowest BCUT2D eigenvalue weighted by Crippen LogP contribution is -2.39. The number of aryl methyl sites for hydroxylation is 1. The normalized spacial score (nSPS) is 11.5. The summed E-state index contributed by atoms with van der Waals surface area (Å²) in [7, 11) is 0. The Kier molecular flexibility index (Phi) is 10.7. The Morgan fingerprint density at radius 2 is 2.12 bits per heavy atom. The lowest BCUT2D eigenvalue weighted by atomic mass is 10.2. The van der Waals surface area contributed by atoms with Crippen LogP contribution in [0.15, 0.2) is 16.7 Å². The molecular weight excluding hydrogens is 461 g/mol. The summed E-state index contributed by atoms with van der Waals surface area (Å²) in [6.07, 6.45) is 3.53. The monoisotopic (exact) mass is 491 g/mol. The van der Waals surface area contributed by atoms with Crippen LogP contribution in [0.2, 0.25) is 0 Å². The summed E-state index contributed by atoms with van der Waals surface area (Å²) in [5.74, 6) is 2.34. The van der Waals surface area contributed by atoms with E-state index in [1.165, 1.54) is 5.01 Å². The van der Waals surface area contributed by atoms with Crippen molar-refractivity contribution in [2.45, 2.75) is 53.0 Å². The lowest BCUT2D eigenvalue weighted by Gasteiger charge is -2.12. The van der Waals surface area contributed by atoms with Gasteiger partial charge in [-0.3, -0.25) is 4.99 Å². The molecule has 0 atom stereocenters. The first-order valence-corrected chi connectivity index (χ1v) is 9.85. The third kappa shape index (κ3) is 7.18. The van der Waals surface area contributed by atoms with Gasteiger partial charge in [-0.15, -0.1) is 45.5 Å². The van der Waals surface area contributed by atoms with E-state index in [9.17, 15) is 0 Å². The third-order valence-electron chi connectivity index (χ3n) is 3.70. The molecule has 7 nitrogen and oxygen atoms in total. The zero-order chi connectivity index (χ0) is 18.1. The van der Waals surface area contributed by atoms with E-state index in [0.717, 1.165) is 56.5 Å². The van der Waals surface area contributed by atoms with Crippen molar-refractivity contribution in [1.29, 1.82) is 0 Å². The van der Waals surface area contributed by atoms with E-state index in [1.54, 1.807) is 17.7 Å². The van der Waals surface area contributed by atoms with Gasteiger partial charge in [-0.1, -0.05) is 20.8 Å². The van der Waals surface area contributed by atoms with Crippen LogP contribution in [0.1, 0.15) is 50.1 Å². The van der Waals surface area contributed by atoms with Gasteiger partial charge in [0.05, 0.1) is 10.7 Å². The van der Waals surface area contributed by atoms with Crippen molar-refractivity contribution < 1.29 is 0 Å². The maximum absolute atomic E-state index is 4.66. The molecule has 26 heavy (non-hydrogen) atoms. The van der Waals surface area contributed by atoms with Crippen molar-refractivity contribution in [2.75, 3.05) is 19.6 Å². The number of hydrogen-bond acceptors (Lipinski definition) is 5. The fraction of sp³-hybridized carbons (Fsp3) is 0.647. The molecule has 0 amide bonds. The first kappa shape index (κ1) is 22.8. The number of nitrogens with zero attached hydrogens (tertiary/aromatic N) is 5. The number of guanidine groups is 1. The standard InChI is InChI=1S/C17H29N7S.HI/c1-5-15-23-21-12-24(15)10-9-20-17(18-6-2)19-8-7-14-11-25-16(22-14)13(3)4;/h11-13H,5-10H2,1-4H3,(H2,18,19,20);1H. The first-order valence-electron chi connectivity index (χ1n) is 8.97.